The summed E-state index contributed by atoms with van der Waals surface area (Å²) in [7, 11) is -3.73. The van der Waals surface area contributed by atoms with Gasteiger partial charge in [0.15, 0.2) is 0 Å². The number of sulfonamides is 1. The molecule has 0 aliphatic rings. The second-order valence-electron chi connectivity index (χ2n) is 4.62. The van der Waals surface area contributed by atoms with E-state index in [0.29, 0.717) is 11.5 Å². The largest absolute Gasteiger partial charge is 0.353 e. The quantitative estimate of drug-likeness (QED) is 0.822. The molecule has 0 aliphatic carbocycles. The lowest BCUT2D eigenvalue weighted by Crippen LogP contribution is -2.34. The Balaban J connectivity index is 1.88. The van der Waals surface area contributed by atoms with Crippen molar-refractivity contribution in [2.45, 2.75) is 6.92 Å². The molecule has 0 saturated carbocycles. The van der Waals surface area contributed by atoms with E-state index in [-0.39, 0.29) is 12.3 Å². The van der Waals surface area contributed by atoms with Gasteiger partial charge in [0.05, 0.1) is 5.75 Å². The van der Waals surface area contributed by atoms with Gasteiger partial charge in [0.1, 0.15) is 0 Å². The summed E-state index contributed by atoms with van der Waals surface area (Å²) < 4.78 is 25.7. The summed E-state index contributed by atoms with van der Waals surface area (Å²) in [6, 6.07) is 8.31. The summed E-state index contributed by atoms with van der Waals surface area (Å²) in [5.74, 6) is -0.568. The van der Waals surface area contributed by atoms with Crippen LogP contribution in [0.15, 0.2) is 42.7 Å². The molecule has 0 aliphatic heterocycles. The van der Waals surface area contributed by atoms with Gasteiger partial charge in [-0.05, 0) is 25.1 Å². The summed E-state index contributed by atoms with van der Waals surface area (Å²) >= 11 is 0. The number of carbonyl (C=O) groups is 1. The molecule has 0 saturated heterocycles. The predicted molar refractivity (Wildman–Crippen MR) is 83.0 cm³/mol. The first kappa shape index (κ1) is 15.9. The Morgan fingerprint density at radius 1 is 1.14 bits per heavy atom. The van der Waals surface area contributed by atoms with E-state index in [1.165, 1.54) is 0 Å². The number of aryl methyl sites for hydroxylation is 1. The zero-order chi connectivity index (χ0) is 16.0. The van der Waals surface area contributed by atoms with Crippen molar-refractivity contribution >= 4 is 21.9 Å². The SMILES string of the molecule is Cc1ccc(C(=O)NS(=O)(=O)CCNc2ncccn2)cc1. The normalized spacial score (nSPS) is 11.0. The van der Waals surface area contributed by atoms with Crippen molar-refractivity contribution in [3.63, 3.8) is 0 Å². The Labute approximate surface area is 128 Å². The molecule has 8 heteroatoms. The van der Waals surface area contributed by atoms with Crippen molar-refractivity contribution in [3.05, 3.63) is 53.9 Å². The topological polar surface area (TPSA) is 101 Å². The van der Waals surface area contributed by atoms with Crippen LogP contribution >= 0.6 is 0 Å². The number of amides is 1. The molecule has 1 aromatic carbocycles. The number of nitrogens with zero attached hydrogens (tertiary/aromatic N) is 2. The average Bonchev–Trinajstić information content (AvgIpc) is 2.48. The second-order valence-corrected chi connectivity index (χ2v) is 6.46. The summed E-state index contributed by atoms with van der Waals surface area (Å²) in [6.07, 6.45) is 3.09. The van der Waals surface area contributed by atoms with Crippen LogP contribution in [0.4, 0.5) is 5.95 Å². The van der Waals surface area contributed by atoms with E-state index in [1.54, 1.807) is 42.7 Å². The molecule has 1 amide bonds. The second kappa shape index (κ2) is 6.99. The third kappa shape index (κ3) is 4.81. The van der Waals surface area contributed by atoms with Gasteiger partial charge in [0.2, 0.25) is 16.0 Å². The summed E-state index contributed by atoms with van der Waals surface area (Å²) in [4.78, 5) is 19.7. The molecule has 0 spiro atoms. The van der Waals surface area contributed by atoms with E-state index in [0.717, 1.165) is 5.56 Å². The molecule has 0 bridgehead atoms. The Kier molecular flexibility index (Phi) is 5.05. The van der Waals surface area contributed by atoms with Crippen molar-refractivity contribution in [1.29, 1.82) is 0 Å². The highest BCUT2D eigenvalue weighted by Gasteiger charge is 2.15. The minimum Gasteiger partial charge on any atom is -0.353 e. The number of nitrogens with one attached hydrogen (secondary N) is 2. The molecule has 2 aromatic rings. The summed E-state index contributed by atoms with van der Waals surface area (Å²) in [5, 5.41) is 2.77. The van der Waals surface area contributed by atoms with Crippen LogP contribution in [-0.4, -0.2) is 36.6 Å². The standard InChI is InChI=1S/C14H16N4O3S/c1-11-3-5-12(6-4-11)13(19)18-22(20,21)10-9-17-14-15-7-2-8-16-14/h2-8H,9-10H2,1H3,(H,18,19)(H,15,16,17). The van der Waals surface area contributed by atoms with Crippen LogP contribution in [0, 0.1) is 6.92 Å². The first-order valence-corrected chi connectivity index (χ1v) is 8.24. The number of hydrogen-bond donors (Lipinski definition) is 2. The maximum atomic E-state index is 11.9. The molecular formula is C14H16N4O3S. The van der Waals surface area contributed by atoms with Crippen LogP contribution in [-0.2, 0) is 10.0 Å². The van der Waals surface area contributed by atoms with E-state index in [2.05, 4.69) is 15.3 Å². The van der Waals surface area contributed by atoms with Gasteiger partial charge in [-0.1, -0.05) is 17.7 Å². The van der Waals surface area contributed by atoms with Crippen LogP contribution in [0.3, 0.4) is 0 Å². The highest BCUT2D eigenvalue weighted by Crippen LogP contribution is 2.03. The Bertz CT molecular complexity index is 730. The van der Waals surface area contributed by atoms with Gasteiger partial charge in [-0.15, -0.1) is 0 Å². The van der Waals surface area contributed by atoms with Crippen LogP contribution in [0.1, 0.15) is 15.9 Å². The average molecular weight is 320 g/mol. The van der Waals surface area contributed by atoms with Gasteiger partial charge in [-0.2, -0.15) is 0 Å². The Morgan fingerprint density at radius 2 is 1.77 bits per heavy atom. The van der Waals surface area contributed by atoms with Crippen molar-refractivity contribution in [3.8, 4) is 0 Å². The van der Waals surface area contributed by atoms with Crippen LogP contribution < -0.4 is 10.0 Å². The maximum absolute atomic E-state index is 11.9. The van der Waals surface area contributed by atoms with Crippen molar-refractivity contribution < 1.29 is 13.2 Å². The van der Waals surface area contributed by atoms with Crippen LogP contribution in [0.5, 0.6) is 0 Å². The van der Waals surface area contributed by atoms with Gasteiger partial charge in [-0.3, -0.25) is 4.79 Å². The molecule has 2 N–H and O–H groups in total. The Morgan fingerprint density at radius 3 is 2.41 bits per heavy atom. The number of aromatic nitrogens is 2. The van der Waals surface area contributed by atoms with Gasteiger partial charge >= 0.3 is 0 Å². The first-order chi connectivity index (χ1) is 10.5. The van der Waals surface area contributed by atoms with Crippen molar-refractivity contribution in [2.75, 3.05) is 17.6 Å². The molecule has 0 radical (unpaired) electrons. The molecule has 0 unspecified atom stereocenters. The fourth-order valence-corrected chi connectivity index (χ4v) is 2.52. The van der Waals surface area contributed by atoms with Crippen LogP contribution in [0.25, 0.3) is 0 Å². The van der Waals surface area contributed by atoms with Gasteiger partial charge in [0.25, 0.3) is 5.91 Å². The van der Waals surface area contributed by atoms with E-state index < -0.39 is 15.9 Å². The third-order valence-corrected chi connectivity index (χ3v) is 4.02. The lowest BCUT2D eigenvalue weighted by atomic mass is 10.1. The van der Waals surface area contributed by atoms with Crippen molar-refractivity contribution in [2.24, 2.45) is 0 Å². The molecule has 22 heavy (non-hydrogen) atoms. The first-order valence-electron chi connectivity index (χ1n) is 6.59. The molecule has 2 rings (SSSR count). The molecule has 7 nitrogen and oxygen atoms in total. The molecular weight excluding hydrogens is 304 g/mol. The Hall–Kier alpha value is -2.48. The molecule has 0 atom stereocenters. The minimum atomic E-state index is -3.73. The van der Waals surface area contributed by atoms with E-state index in [4.69, 9.17) is 0 Å². The zero-order valence-corrected chi connectivity index (χ0v) is 12.8. The fraction of sp³-hybridized carbons (Fsp3) is 0.214. The van der Waals surface area contributed by atoms with E-state index in [9.17, 15) is 13.2 Å². The maximum Gasteiger partial charge on any atom is 0.264 e. The number of anilines is 1. The molecule has 116 valence electrons. The third-order valence-electron chi connectivity index (χ3n) is 2.78. The smallest absolute Gasteiger partial charge is 0.264 e. The lowest BCUT2D eigenvalue weighted by Gasteiger charge is -2.08. The van der Waals surface area contributed by atoms with Crippen LogP contribution in [0.2, 0.25) is 0 Å². The van der Waals surface area contributed by atoms with Gasteiger partial charge in [0, 0.05) is 24.5 Å². The monoisotopic (exact) mass is 320 g/mol. The molecule has 0 fully saturated rings. The number of benzene rings is 1. The summed E-state index contributed by atoms with van der Waals surface area (Å²) in [6.45, 7) is 1.98. The number of carbonyl (C=O) groups excluding carboxylic acids is 1. The number of hydrogen-bond acceptors (Lipinski definition) is 6. The predicted octanol–water partition coefficient (Wildman–Crippen LogP) is 0.957. The highest BCUT2D eigenvalue weighted by atomic mass is 32.2. The number of rotatable bonds is 6. The van der Waals surface area contributed by atoms with E-state index in [1.807, 2.05) is 11.6 Å². The van der Waals surface area contributed by atoms with E-state index >= 15 is 0 Å². The summed E-state index contributed by atoms with van der Waals surface area (Å²) in [5.41, 5.74) is 1.29. The van der Waals surface area contributed by atoms with Crippen molar-refractivity contribution in [1.82, 2.24) is 14.7 Å². The lowest BCUT2D eigenvalue weighted by molar-refractivity contribution is 0.0981. The molecule has 1 heterocycles. The zero-order valence-electron chi connectivity index (χ0n) is 12.0. The van der Waals surface area contributed by atoms with Gasteiger partial charge in [-0.25, -0.2) is 23.1 Å². The highest BCUT2D eigenvalue weighted by molar-refractivity contribution is 7.90. The fourth-order valence-electron chi connectivity index (χ4n) is 1.64. The minimum absolute atomic E-state index is 0.0977. The van der Waals surface area contributed by atoms with Gasteiger partial charge < -0.3 is 5.32 Å². The molecule has 1 aromatic heterocycles.